The minimum absolute atomic E-state index is 0.0276. The van der Waals surface area contributed by atoms with Crippen molar-refractivity contribution in [3.63, 3.8) is 0 Å². The standard InChI is InChI=1S/C27H35Cl2N5O2/c1-15-16(2)31-27(32-25(15)30-17(3)23-7-6-21(28)11-24(23)29)34-13-20(14-34)18-5-4-8-33(12-18)22-9-19(10-22)26(35)36/h6-7,11,17-20,22H,4-5,8-10,12-14H2,1-3H3,(H,35,36)(H,30,31,32). The van der Waals surface area contributed by atoms with Crippen molar-refractivity contribution in [2.45, 2.75) is 58.5 Å². The summed E-state index contributed by atoms with van der Waals surface area (Å²) >= 11 is 12.5. The number of rotatable bonds is 7. The summed E-state index contributed by atoms with van der Waals surface area (Å²) in [5, 5.41) is 14.0. The molecule has 1 aromatic carbocycles. The van der Waals surface area contributed by atoms with E-state index in [4.69, 9.17) is 33.2 Å². The molecule has 3 aliphatic rings. The Balaban J connectivity index is 1.20. The number of benzene rings is 1. The summed E-state index contributed by atoms with van der Waals surface area (Å²) in [7, 11) is 0. The Kier molecular flexibility index (Phi) is 7.34. The van der Waals surface area contributed by atoms with E-state index in [0.717, 1.165) is 67.6 Å². The van der Waals surface area contributed by atoms with E-state index in [1.165, 1.54) is 12.8 Å². The Morgan fingerprint density at radius 3 is 2.58 bits per heavy atom. The number of carboxylic acids is 1. The highest BCUT2D eigenvalue weighted by Crippen LogP contribution is 2.38. The van der Waals surface area contributed by atoms with Crippen LogP contribution in [0.4, 0.5) is 11.8 Å². The Hall–Kier alpha value is -2.09. The van der Waals surface area contributed by atoms with Crippen molar-refractivity contribution in [3.05, 3.63) is 45.1 Å². The third-order valence-electron chi connectivity index (χ3n) is 8.49. The normalized spacial score (nSPS) is 25.7. The molecular weight excluding hydrogens is 497 g/mol. The largest absolute Gasteiger partial charge is 0.481 e. The lowest BCUT2D eigenvalue weighted by Crippen LogP contribution is -2.57. The van der Waals surface area contributed by atoms with Crippen molar-refractivity contribution >= 4 is 40.9 Å². The number of aryl methyl sites for hydroxylation is 1. The molecule has 2 aliphatic heterocycles. The molecular formula is C27H35Cl2N5O2. The fourth-order valence-electron chi connectivity index (χ4n) is 5.85. The van der Waals surface area contributed by atoms with Crippen molar-refractivity contribution in [1.82, 2.24) is 14.9 Å². The molecule has 0 radical (unpaired) electrons. The Morgan fingerprint density at radius 2 is 1.89 bits per heavy atom. The molecule has 1 saturated carbocycles. The lowest BCUT2D eigenvalue weighted by Gasteiger charge is -2.50. The average Bonchev–Trinajstić information content (AvgIpc) is 2.75. The molecule has 1 aliphatic carbocycles. The van der Waals surface area contributed by atoms with Crippen LogP contribution in [0.1, 0.15) is 55.5 Å². The van der Waals surface area contributed by atoms with E-state index >= 15 is 0 Å². The van der Waals surface area contributed by atoms with E-state index in [0.29, 0.717) is 27.9 Å². The van der Waals surface area contributed by atoms with Gasteiger partial charge < -0.3 is 20.2 Å². The van der Waals surface area contributed by atoms with Gasteiger partial charge in [-0.05, 0) is 82.5 Å². The summed E-state index contributed by atoms with van der Waals surface area (Å²) in [6.45, 7) is 10.3. The summed E-state index contributed by atoms with van der Waals surface area (Å²) in [4.78, 5) is 25.7. The van der Waals surface area contributed by atoms with Gasteiger partial charge in [-0.15, -0.1) is 0 Å². The SMILES string of the molecule is Cc1nc(N2CC(C3CCCN(C4CC(C(=O)O)C4)C3)C2)nc(NC(C)c2ccc(Cl)cc2Cl)c1C. The monoisotopic (exact) mass is 531 g/mol. The van der Waals surface area contributed by atoms with Crippen LogP contribution in [-0.4, -0.2) is 58.2 Å². The predicted octanol–water partition coefficient (Wildman–Crippen LogP) is 5.58. The van der Waals surface area contributed by atoms with E-state index in [-0.39, 0.29) is 12.0 Å². The molecule has 0 bridgehead atoms. The number of nitrogens with zero attached hydrogens (tertiary/aromatic N) is 4. The lowest BCUT2D eigenvalue weighted by molar-refractivity contribution is -0.147. The summed E-state index contributed by atoms with van der Waals surface area (Å²) in [6.07, 6.45) is 4.08. The van der Waals surface area contributed by atoms with Crippen molar-refractivity contribution in [3.8, 4) is 0 Å². The molecule has 1 aromatic heterocycles. The van der Waals surface area contributed by atoms with Gasteiger partial charge in [0.05, 0.1) is 12.0 Å². The first-order valence-electron chi connectivity index (χ1n) is 13.0. The highest BCUT2D eigenvalue weighted by molar-refractivity contribution is 6.35. The van der Waals surface area contributed by atoms with E-state index in [2.05, 4.69) is 22.0 Å². The quantitative estimate of drug-likeness (QED) is 0.482. The maximum absolute atomic E-state index is 11.2. The highest BCUT2D eigenvalue weighted by atomic mass is 35.5. The number of halogens is 2. The molecule has 9 heteroatoms. The third kappa shape index (κ3) is 5.15. The van der Waals surface area contributed by atoms with E-state index in [1.807, 2.05) is 26.0 Å². The van der Waals surface area contributed by atoms with Crippen molar-refractivity contribution in [2.75, 3.05) is 36.4 Å². The fraction of sp³-hybridized carbons (Fsp3) is 0.593. The number of anilines is 2. The molecule has 3 heterocycles. The number of hydrogen-bond acceptors (Lipinski definition) is 6. The van der Waals surface area contributed by atoms with Gasteiger partial charge in [0.2, 0.25) is 5.95 Å². The van der Waals surface area contributed by atoms with Crippen LogP contribution in [0.15, 0.2) is 18.2 Å². The highest BCUT2D eigenvalue weighted by Gasteiger charge is 2.42. The van der Waals surface area contributed by atoms with Gasteiger partial charge in [0.15, 0.2) is 0 Å². The van der Waals surface area contributed by atoms with E-state index in [1.54, 1.807) is 6.07 Å². The van der Waals surface area contributed by atoms with Crippen molar-refractivity contribution in [1.29, 1.82) is 0 Å². The maximum atomic E-state index is 11.2. The second kappa shape index (κ2) is 10.3. The first kappa shape index (κ1) is 25.6. The molecule has 0 amide bonds. The average molecular weight is 533 g/mol. The van der Waals surface area contributed by atoms with Crippen molar-refractivity contribution < 1.29 is 9.90 Å². The number of nitrogens with one attached hydrogen (secondary N) is 1. The van der Waals surface area contributed by atoms with Crippen LogP contribution < -0.4 is 10.2 Å². The molecule has 2 atom stereocenters. The smallest absolute Gasteiger partial charge is 0.306 e. The summed E-state index contributed by atoms with van der Waals surface area (Å²) < 4.78 is 0. The van der Waals surface area contributed by atoms with Crippen LogP contribution in [0.3, 0.4) is 0 Å². The van der Waals surface area contributed by atoms with Gasteiger partial charge in [0.1, 0.15) is 5.82 Å². The first-order valence-corrected chi connectivity index (χ1v) is 13.7. The van der Waals surface area contributed by atoms with E-state index < -0.39 is 5.97 Å². The third-order valence-corrected chi connectivity index (χ3v) is 9.05. The molecule has 0 spiro atoms. The zero-order valence-electron chi connectivity index (χ0n) is 21.2. The van der Waals surface area contributed by atoms with Gasteiger partial charge in [-0.3, -0.25) is 4.79 Å². The second-order valence-electron chi connectivity index (χ2n) is 10.8. The summed E-state index contributed by atoms with van der Waals surface area (Å²) in [5.74, 6) is 2.13. The van der Waals surface area contributed by atoms with Gasteiger partial charge in [-0.25, -0.2) is 4.98 Å². The van der Waals surface area contributed by atoms with Gasteiger partial charge >= 0.3 is 5.97 Å². The van der Waals surface area contributed by atoms with Gasteiger partial charge in [0.25, 0.3) is 0 Å². The number of carbonyl (C=O) groups is 1. The molecule has 2 unspecified atom stereocenters. The molecule has 194 valence electrons. The Bertz CT molecular complexity index is 1130. The first-order chi connectivity index (χ1) is 17.2. The number of carboxylic acid groups (broad SMARTS) is 1. The maximum Gasteiger partial charge on any atom is 0.306 e. The minimum atomic E-state index is -0.637. The van der Waals surface area contributed by atoms with Crippen LogP contribution in [0, 0.1) is 31.6 Å². The molecule has 3 fully saturated rings. The summed E-state index contributed by atoms with van der Waals surface area (Å²) in [6, 6.07) is 6.00. The molecule has 5 rings (SSSR count). The topological polar surface area (TPSA) is 81.6 Å². The number of hydrogen-bond donors (Lipinski definition) is 2. The molecule has 2 aromatic rings. The number of aromatic nitrogens is 2. The second-order valence-corrected chi connectivity index (χ2v) is 11.7. The molecule has 2 saturated heterocycles. The summed E-state index contributed by atoms with van der Waals surface area (Å²) in [5.41, 5.74) is 2.99. The zero-order chi connectivity index (χ0) is 25.6. The number of piperidine rings is 1. The van der Waals surface area contributed by atoms with Gasteiger partial charge in [-0.1, -0.05) is 29.3 Å². The van der Waals surface area contributed by atoms with Crippen LogP contribution in [0.5, 0.6) is 0 Å². The van der Waals surface area contributed by atoms with Crippen LogP contribution in [0.2, 0.25) is 10.0 Å². The van der Waals surface area contributed by atoms with Crippen LogP contribution in [-0.2, 0) is 4.79 Å². The van der Waals surface area contributed by atoms with Gasteiger partial charge in [0, 0.05) is 47.0 Å². The zero-order valence-corrected chi connectivity index (χ0v) is 22.7. The Morgan fingerprint density at radius 1 is 1.14 bits per heavy atom. The molecule has 7 nitrogen and oxygen atoms in total. The van der Waals surface area contributed by atoms with Gasteiger partial charge in [-0.2, -0.15) is 4.98 Å². The van der Waals surface area contributed by atoms with Crippen molar-refractivity contribution in [2.24, 2.45) is 17.8 Å². The fourth-order valence-corrected chi connectivity index (χ4v) is 6.42. The minimum Gasteiger partial charge on any atom is -0.481 e. The number of likely N-dealkylation sites (tertiary alicyclic amines) is 1. The van der Waals surface area contributed by atoms with E-state index in [9.17, 15) is 9.90 Å². The Labute approximate surface area is 223 Å². The molecule has 2 N–H and O–H groups in total. The molecule has 36 heavy (non-hydrogen) atoms. The predicted molar refractivity (Wildman–Crippen MR) is 144 cm³/mol. The van der Waals surface area contributed by atoms with Crippen LogP contribution >= 0.6 is 23.2 Å². The lowest BCUT2D eigenvalue weighted by atomic mass is 9.76. The van der Waals surface area contributed by atoms with Crippen LogP contribution in [0.25, 0.3) is 0 Å². The number of aliphatic carboxylic acids is 1.